The van der Waals surface area contributed by atoms with E-state index in [0.717, 1.165) is 102 Å². The first-order valence-corrected chi connectivity index (χ1v) is 42.0. The number of phosphoric acid groups is 2. The van der Waals surface area contributed by atoms with Gasteiger partial charge in [0.2, 0.25) is 0 Å². The molecule has 5 atom stereocenters. The Morgan fingerprint density at radius 2 is 0.489 bits per heavy atom. The van der Waals surface area contributed by atoms with Crippen LogP contribution in [0.3, 0.4) is 0 Å². The highest BCUT2D eigenvalue weighted by Gasteiger charge is 2.30. The molecule has 0 fully saturated rings. The molecule has 0 aliphatic rings. The van der Waals surface area contributed by atoms with Crippen molar-refractivity contribution in [2.24, 2.45) is 11.8 Å². The van der Waals surface area contributed by atoms with E-state index in [4.69, 9.17) is 37.0 Å². The fraction of sp³-hybridized carbons (Fsp3) is 0.947. The second-order valence-corrected chi connectivity index (χ2v) is 30.9. The zero-order chi connectivity index (χ0) is 69.3. The minimum absolute atomic E-state index is 0.104. The summed E-state index contributed by atoms with van der Waals surface area (Å²) in [7, 11) is -9.91. The predicted octanol–water partition coefficient (Wildman–Crippen LogP) is 21.9. The number of aliphatic hydroxyl groups is 1. The second-order valence-electron chi connectivity index (χ2n) is 28.0. The van der Waals surface area contributed by atoms with Gasteiger partial charge in [0.1, 0.15) is 19.3 Å². The Morgan fingerprint density at radius 1 is 0.287 bits per heavy atom. The number of phosphoric ester groups is 2. The lowest BCUT2D eigenvalue weighted by molar-refractivity contribution is -0.161. The Hall–Kier alpha value is -1.94. The third-order valence-electron chi connectivity index (χ3n) is 17.5. The molecular weight excluding hydrogens is 1230 g/mol. The number of ether oxygens (including phenoxy) is 4. The van der Waals surface area contributed by atoms with Crippen molar-refractivity contribution in [2.45, 2.75) is 407 Å². The summed E-state index contributed by atoms with van der Waals surface area (Å²) in [5.41, 5.74) is 0. The van der Waals surface area contributed by atoms with E-state index in [1.165, 1.54) is 199 Å². The summed E-state index contributed by atoms with van der Waals surface area (Å²) in [6.07, 6.45) is 54.3. The molecule has 3 N–H and O–H groups in total. The molecule has 0 aliphatic heterocycles. The van der Waals surface area contributed by atoms with E-state index >= 15 is 0 Å². The van der Waals surface area contributed by atoms with Crippen LogP contribution in [0, 0.1) is 11.8 Å². The highest BCUT2D eigenvalue weighted by atomic mass is 31.2. The highest BCUT2D eigenvalue weighted by Crippen LogP contribution is 2.45. The predicted molar refractivity (Wildman–Crippen MR) is 381 cm³/mol. The summed E-state index contributed by atoms with van der Waals surface area (Å²) in [5.74, 6) is -0.703. The SMILES string of the molecule is CCCCCCCCCCCCCCCCCCCC(=O)O[C@H](COC(=O)CCCCCCCCCCCCCCCCCC)COP(=O)(O)OC[C@@H](O)COP(=O)(O)OC[C@@H](COC(=O)CCCCCCCCC(C)C)OC(=O)CCCCCCCCCCCC(C)C. The van der Waals surface area contributed by atoms with Crippen LogP contribution in [0.15, 0.2) is 0 Å². The van der Waals surface area contributed by atoms with E-state index in [1.54, 1.807) is 0 Å². The van der Waals surface area contributed by atoms with Gasteiger partial charge in [-0.2, -0.15) is 0 Å². The van der Waals surface area contributed by atoms with Crippen molar-refractivity contribution < 1.29 is 80.2 Å². The summed E-state index contributed by atoms with van der Waals surface area (Å²) >= 11 is 0. The molecule has 558 valence electrons. The van der Waals surface area contributed by atoms with Crippen molar-refractivity contribution in [3.63, 3.8) is 0 Å². The van der Waals surface area contributed by atoms with E-state index in [9.17, 15) is 43.2 Å². The summed E-state index contributed by atoms with van der Waals surface area (Å²) in [5, 5.41) is 10.6. The Labute approximate surface area is 575 Å². The maximum atomic E-state index is 13.1. The molecule has 0 aromatic rings. The molecule has 0 rings (SSSR count). The molecule has 0 aromatic heterocycles. The average Bonchev–Trinajstić information content (AvgIpc) is 1.62. The van der Waals surface area contributed by atoms with Crippen molar-refractivity contribution >= 4 is 39.5 Å². The first-order chi connectivity index (χ1) is 45.4. The van der Waals surface area contributed by atoms with Crippen LogP contribution in [-0.4, -0.2) is 96.7 Å². The van der Waals surface area contributed by atoms with Gasteiger partial charge in [0.25, 0.3) is 0 Å². The first-order valence-electron chi connectivity index (χ1n) is 39.0. The molecule has 0 aromatic carbocycles. The zero-order valence-electron chi connectivity index (χ0n) is 61.3. The standard InChI is InChI=1S/C75H146O17P2/c1-7-9-11-13-15-17-19-21-23-25-27-29-31-35-39-47-53-59-74(79)91-70(63-85-72(77)57-51-45-38-34-30-28-26-24-22-20-18-16-14-12-10-8-2)65-89-93(81,82)87-61-69(76)62-88-94(83,84)90-66-71(64-86-73(78)58-52-46-42-41-44-50-56-68(5)6)92-75(80)60-54-48-40-36-32-33-37-43-49-55-67(3)4/h67-71,76H,7-66H2,1-6H3,(H,81,82)(H,83,84)/t69-,70-,71-/m1/s1. The van der Waals surface area contributed by atoms with Crippen molar-refractivity contribution in [1.82, 2.24) is 0 Å². The fourth-order valence-electron chi connectivity index (χ4n) is 11.5. The monoisotopic (exact) mass is 1380 g/mol. The van der Waals surface area contributed by atoms with E-state index in [-0.39, 0.29) is 25.7 Å². The summed E-state index contributed by atoms with van der Waals surface area (Å²) in [6, 6.07) is 0. The molecule has 0 spiro atoms. The van der Waals surface area contributed by atoms with Crippen LogP contribution in [0.5, 0.6) is 0 Å². The topological polar surface area (TPSA) is 237 Å². The van der Waals surface area contributed by atoms with Gasteiger partial charge in [-0.05, 0) is 37.5 Å². The number of carbonyl (C=O) groups is 4. The van der Waals surface area contributed by atoms with Gasteiger partial charge in [0, 0.05) is 25.7 Å². The van der Waals surface area contributed by atoms with Crippen LogP contribution >= 0.6 is 15.6 Å². The lowest BCUT2D eigenvalue weighted by atomic mass is 10.0. The molecule has 19 heteroatoms. The highest BCUT2D eigenvalue weighted by molar-refractivity contribution is 7.47. The Balaban J connectivity index is 5.23. The fourth-order valence-corrected chi connectivity index (χ4v) is 13.1. The minimum Gasteiger partial charge on any atom is -0.462 e. The van der Waals surface area contributed by atoms with Crippen LogP contribution in [0.2, 0.25) is 0 Å². The molecule has 94 heavy (non-hydrogen) atoms. The Bertz CT molecular complexity index is 1820. The van der Waals surface area contributed by atoms with Crippen molar-refractivity contribution in [2.75, 3.05) is 39.6 Å². The number of carbonyl (C=O) groups excluding carboxylic acids is 4. The van der Waals surface area contributed by atoms with Crippen LogP contribution in [0.25, 0.3) is 0 Å². The van der Waals surface area contributed by atoms with Gasteiger partial charge in [0.05, 0.1) is 26.4 Å². The number of aliphatic hydroxyl groups excluding tert-OH is 1. The minimum atomic E-state index is -4.96. The maximum Gasteiger partial charge on any atom is 0.472 e. The van der Waals surface area contributed by atoms with Crippen molar-refractivity contribution in [3.05, 3.63) is 0 Å². The summed E-state index contributed by atoms with van der Waals surface area (Å²) < 4.78 is 68.5. The number of hydrogen-bond acceptors (Lipinski definition) is 15. The van der Waals surface area contributed by atoms with Gasteiger partial charge in [-0.3, -0.25) is 37.3 Å². The molecule has 0 bridgehead atoms. The van der Waals surface area contributed by atoms with Crippen molar-refractivity contribution in [1.29, 1.82) is 0 Å². The van der Waals surface area contributed by atoms with E-state index < -0.39 is 97.5 Å². The maximum absolute atomic E-state index is 13.1. The van der Waals surface area contributed by atoms with Crippen LogP contribution < -0.4 is 0 Å². The molecule has 0 saturated carbocycles. The lowest BCUT2D eigenvalue weighted by Crippen LogP contribution is -2.30. The van der Waals surface area contributed by atoms with Gasteiger partial charge < -0.3 is 33.8 Å². The summed E-state index contributed by atoms with van der Waals surface area (Å²) in [4.78, 5) is 72.7. The second kappa shape index (κ2) is 66.9. The number of rotatable bonds is 74. The zero-order valence-corrected chi connectivity index (χ0v) is 63.1. The molecular formula is C75H146O17P2. The molecule has 17 nitrogen and oxygen atoms in total. The van der Waals surface area contributed by atoms with Crippen LogP contribution in [0.1, 0.15) is 388 Å². The average molecular weight is 1380 g/mol. The Kier molecular flexibility index (Phi) is 65.5. The van der Waals surface area contributed by atoms with Gasteiger partial charge in [-0.1, -0.05) is 337 Å². The summed E-state index contributed by atoms with van der Waals surface area (Å²) in [6.45, 7) is 9.49. The molecule has 0 aliphatic carbocycles. The lowest BCUT2D eigenvalue weighted by Gasteiger charge is -2.21. The largest absolute Gasteiger partial charge is 0.472 e. The molecule has 2 unspecified atom stereocenters. The third kappa shape index (κ3) is 68.6. The van der Waals surface area contributed by atoms with Gasteiger partial charge >= 0.3 is 39.5 Å². The third-order valence-corrected chi connectivity index (χ3v) is 19.4. The van der Waals surface area contributed by atoms with E-state index in [2.05, 4.69) is 41.5 Å². The smallest absolute Gasteiger partial charge is 0.462 e. The normalized spacial score (nSPS) is 14.0. The van der Waals surface area contributed by atoms with Crippen molar-refractivity contribution in [3.8, 4) is 0 Å². The van der Waals surface area contributed by atoms with Gasteiger partial charge in [-0.25, -0.2) is 9.13 Å². The van der Waals surface area contributed by atoms with Crippen LogP contribution in [-0.2, 0) is 65.4 Å². The van der Waals surface area contributed by atoms with Gasteiger partial charge in [-0.15, -0.1) is 0 Å². The first kappa shape index (κ1) is 92.1. The molecule has 0 amide bonds. The molecule has 0 radical (unpaired) electrons. The molecule has 0 heterocycles. The van der Waals surface area contributed by atoms with Crippen LogP contribution in [0.4, 0.5) is 0 Å². The number of hydrogen-bond donors (Lipinski definition) is 3. The van der Waals surface area contributed by atoms with E-state index in [1.807, 2.05) is 0 Å². The number of unbranched alkanes of at least 4 members (excludes halogenated alkanes) is 44. The quantitative estimate of drug-likeness (QED) is 0.0222. The van der Waals surface area contributed by atoms with Gasteiger partial charge in [0.15, 0.2) is 12.2 Å². The number of esters is 4. The Morgan fingerprint density at radius 3 is 0.723 bits per heavy atom. The van der Waals surface area contributed by atoms with E-state index in [0.29, 0.717) is 31.6 Å². The molecule has 0 saturated heterocycles.